The topological polar surface area (TPSA) is 80.8 Å². The summed E-state index contributed by atoms with van der Waals surface area (Å²) < 4.78 is 5.18. The van der Waals surface area contributed by atoms with Crippen LogP contribution < -0.4 is 0 Å². The summed E-state index contributed by atoms with van der Waals surface area (Å²) in [6, 6.07) is 0. The van der Waals surface area contributed by atoms with Gasteiger partial charge in [-0.1, -0.05) is 19.8 Å². The molecular weight excluding hydrogens is 300 g/mol. The van der Waals surface area contributed by atoms with E-state index in [1.807, 2.05) is 0 Å². The lowest BCUT2D eigenvalue weighted by atomic mass is 10.2. The Morgan fingerprint density at radius 3 is 3.00 bits per heavy atom. The van der Waals surface area contributed by atoms with E-state index in [-0.39, 0.29) is 5.97 Å². The number of rotatable bonds is 10. The molecule has 7 heteroatoms. The molecule has 0 saturated carbocycles. The molecule has 1 N–H and O–H groups in total. The lowest BCUT2D eigenvalue weighted by Crippen LogP contribution is -2.05. The molecule has 0 unspecified atom stereocenters. The molecule has 6 nitrogen and oxygen atoms in total. The van der Waals surface area contributed by atoms with Crippen LogP contribution in [0.3, 0.4) is 0 Å². The van der Waals surface area contributed by atoms with Gasteiger partial charge in [0.15, 0.2) is 5.65 Å². The molecule has 2 rings (SSSR count). The predicted octanol–water partition coefficient (Wildman–Crippen LogP) is 3.35. The first-order valence-electron chi connectivity index (χ1n) is 7.73. The van der Waals surface area contributed by atoms with Crippen molar-refractivity contribution in [2.75, 3.05) is 12.4 Å². The number of aromatic amines is 1. The third-order valence-corrected chi connectivity index (χ3v) is 4.29. The van der Waals surface area contributed by atoms with Crippen LogP contribution in [0, 0.1) is 0 Å². The van der Waals surface area contributed by atoms with Gasteiger partial charge < -0.3 is 9.72 Å². The van der Waals surface area contributed by atoms with E-state index in [4.69, 9.17) is 4.74 Å². The van der Waals surface area contributed by atoms with Crippen molar-refractivity contribution < 1.29 is 9.53 Å². The Labute approximate surface area is 134 Å². The second-order valence-corrected chi connectivity index (χ2v) is 6.10. The number of H-pyrrole nitrogens is 1. The van der Waals surface area contributed by atoms with Crippen LogP contribution in [0.2, 0.25) is 0 Å². The third kappa shape index (κ3) is 5.29. The van der Waals surface area contributed by atoms with E-state index < -0.39 is 0 Å². The van der Waals surface area contributed by atoms with Gasteiger partial charge in [-0.3, -0.25) is 4.79 Å². The fourth-order valence-electron chi connectivity index (χ4n) is 2.00. The number of hydrogen-bond donors (Lipinski definition) is 1. The summed E-state index contributed by atoms with van der Waals surface area (Å²) in [6.07, 6.45) is 8.66. The lowest BCUT2D eigenvalue weighted by Gasteiger charge is -2.04. The zero-order valence-electron chi connectivity index (χ0n) is 12.9. The minimum atomic E-state index is -0.0842. The standard InChI is InChI=1S/C15H22N4O2S/c1-2-3-5-8-21-12(20)7-4-6-9-22-15-13-14(17-10-16-13)18-11-19-15/h10-11H,2-9H2,1H3,(H,16,17,18,19). The summed E-state index contributed by atoms with van der Waals surface area (Å²) in [5.41, 5.74) is 1.57. The molecule has 0 saturated heterocycles. The summed E-state index contributed by atoms with van der Waals surface area (Å²) >= 11 is 1.66. The molecule has 2 aromatic heterocycles. The van der Waals surface area contributed by atoms with Crippen molar-refractivity contribution in [3.8, 4) is 0 Å². The van der Waals surface area contributed by atoms with Gasteiger partial charge in [0.2, 0.25) is 0 Å². The van der Waals surface area contributed by atoms with Gasteiger partial charge >= 0.3 is 5.97 Å². The highest BCUT2D eigenvalue weighted by molar-refractivity contribution is 7.99. The molecule has 2 aromatic rings. The molecular formula is C15H22N4O2S. The van der Waals surface area contributed by atoms with Gasteiger partial charge in [-0.15, -0.1) is 11.8 Å². The minimum Gasteiger partial charge on any atom is -0.466 e. The quantitative estimate of drug-likeness (QED) is 0.313. The van der Waals surface area contributed by atoms with E-state index in [0.29, 0.717) is 18.7 Å². The molecule has 2 heterocycles. The van der Waals surface area contributed by atoms with Crippen molar-refractivity contribution in [2.45, 2.75) is 50.5 Å². The number of nitrogens with one attached hydrogen (secondary N) is 1. The summed E-state index contributed by atoms with van der Waals surface area (Å²) in [5, 5.41) is 0.907. The monoisotopic (exact) mass is 322 g/mol. The second kappa shape index (κ2) is 9.40. The highest BCUT2D eigenvalue weighted by Gasteiger charge is 2.07. The van der Waals surface area contributed by atoms with Crippen LogP contribution in [-0.4, -0.2) is 38.3 Å². The fraction of sp³-hybridized carbons (Fsp3) is 0.600. The third-order valence-electron chi connectivity index (χ3n) is 3.21. The van der Waals surface area contributed by atoms with Gasteiger partial charge in [-0.2, -0.15) is 0 Å². The number of imidazole rings is 1. The maximum Gasteiger partial charge on any atom is 0.305 e. The molecule has 0 aliphatic carbocycles. The average molecular weight is 322 g/mol. The van der Waals surface area contributed by atoms with E-state index in [1.165, 1.54) is 6.33 Å². The zero-order valence-corrected chi connectivity index (χ0v) is 13.7. The maximum absolute atomic E-state index is 11.5. The van der Waals surface area contributed by atoms with Gasteiger partial charge in [0.1, 0.15) is 16.9 Å². The second-order valence-electron chi connectivity index (χ2n) is 5.01. The van der Waals surface area contributed by atoms with E-state index in [1.54, 1.807) is 18.1 Å². The highest BCUT2D eigenvalue weighted by atomic mass is 32.2. The first kappa shape index (κ1) is 16.7. The van der Waals surface area contributed by atoms with Crippen LogP contribution in [0.15, 0.2) is 17.7 Å². The summed E-state index contributed by atoms with van der Waals surface area (Å²) in [5.74, 6) is 0.827. The lowest BCUT2D eigenvalue weighted by molar-refractivity contribution is -0.143. The van der Waals surface area contributed by atoms with Gasteiger partial charge in [-0.25, -0.2) is 15.0 Å². The Morgan fingerprint density at radius 2 is 2.14 bits per heavy atom. The SMILES string of the molecule is CCCCCOC(=O)CCCCSc1ncnc2nc[nH]c12. The number of carbonyl (C=O) groups excluding carboxylic acids is 1. The fourth-order valence-corrected chi connectivity index (χ4v) is 2.96. The molecule has 0 radical (unpaired) electrons. The molecule has 0 aliphatic heterocycles. The number of aromatic nitrogens is 4. The number of thioether (sulfide) groups is 1. The summed E-state index contributed by atoms with van der Waals surface area (Å²) in [6.45, 7) is 2.69. The van der Waals surface area contributed by atoms with E-state index in [9.17, 15) is 4.79 Å². The normalized spacial score (nSPS) is 11.0. The van der Waals surface area contributed by atoms with E-state index >= 15 is 0 Å². The molecule has 0 aromatic carbocycles. The Morgan fingerprint density at radius 1 is 1.23 bits per heavy atom. The first-order chi connectivity index (χ1) is 10.8. The van der Waals surface area contributed by atoms with Crippen molar-refractivity contribution in [3.05, 3.63) is 12.7 Å². The van der Waals surface area contributed by atoms with E-state index in [2.05, 4.69) is 26.9 Å². The number of ether oxygens (including phenoxy) is 1. The zero-order chi connectivity index (χ0) is 15.6. The molecule has 22 heavy (non-hydrogen) atoms. The van der Waals surface area contributed by atoms with Gasteiger partial charge in [0.05, 0.1) is 12.9 Å². The van der Waals surface area contributed by atoms with Crippen molar-refractivity contribution in [2.24, 2.45) is 0 Å². The number of unbranched alkanes of at least 4 members (excludes halogenated alkanes) is 3. The molecule has 0 aliphatic rings. The summed E-state index contributed by atoms with van der Waals surface area (Å²) in [4.78, 5) is 27.0. The average Bonchev–Trinajstić information content (AvgIpc) is 3.00. The maximum atomic E-state index is 11.5. The van der Waals surface area contributed by atoms with Crippen LogP contribution in [-0.2, 0) is 9.53 Å². The molecule has 0 spiro atoms. The minimum absolute atomic E-state index is 0.0842. The van der Waals surface area contributed by atoms with Crippen molar-refractivity contribution >= 4 is 28.9 Å². The molecule has 0 amide bonds. The number of esters is 1. The van der Waals surface area contributed by atoms with Crippen LogP contribution in [0.25, 0.3) is 11.2 Å². The van der Waals surface area contributed by atoms with Crippen LogP contribution in [0.1, 0.15) is 45.4 Å². The number of hydrogen-bond acceptors (Lipinski definition) is 6. The van der Waals surface area contributed by atoms with E-state index in [0.717, 1.165) is 48.4 Å². The largest absolute Gasteiger partial charge is 0.466 e. The van der Waals surface area contributed by atoms with Gasteiger partial charge in [0, 0.05) is 6.42 Å². The number of fused-ring (bicyclic) bond motifs is 1. The first-order valence-corrected chi connectivity index (χ1v) is 8.72. The van der Waals surface area contributed by atoms with Crippen molar-refractivity contribution in [3.63, 3.8) is 0 Å². The Bertz CT molecular complexity index is 588. The van der Waals surface area contributed by atoms with Gasteiger partial charge in [0.25, 0.3) is 0 Å². The predicted molar refractivity (Wildman–Crippen MR) is 86.7 cm³/mol. The van der Waals surface area contributed by atoms with Crippen molar-refractivity contribution in [1.82, 2.24) is 19.9 Å². The Hall–Kier alpha value is -1.63. The summed E-state index contributed by atoms with van der Waals surface area (Å²) in [7, 11) is 0. The van der Waals surface area contributed by atoms with Crippen LogP contribution in [0.5, 0.6) is 0 Å². The van der Waals surface area contributed by atoms with Crippen LogP contribution >= 0.6 is 11.8 Å². The highest BCUT2D eigenvalue weighted by Crippen LogP contribution is 2.22. The molecule has 0 atom stereocenters. The van der Waals surface area contributed by atoms with Gasteiger partial charge in [-0.05, 0) is 25.0 Å². The van der Waals surface area contributed by atoms with Crippen LogP contribution in [0.4, 0.5) is 0 Å². The molecule has 120 valence electrons. The van der Waals surface area contributed by atoms with Crippen molar-refractivity contribution in [1.29, 1.82) is 0 Å². The smallest absolute Gasteiger partial charge is 0.305 e. The molecule has 0 fully saturated rings. The number of nitrogens with zero attached hydrogens (tertiary/aromatic N) is 3. The Kier molecular flexibility index (Phi) is 7.15. The molecule has 0 bridgehead atoms. The Balaban J connectivity index is 1.59. The number of carbonyl (C=O) groups is 1.